The van der Waals surface area contributed by atoms with Gasteiger partial charge in [0.15, 0.2) is 0 Å². The van der Waals surface area contributed by atoms with Crippen LogP contribution in [0.2, 0.25) is 0 Å². The molecule has 0 atom stereocenters. The number of benzene rings is 1. The van der Waals surface area contributed by atoms with Gasteiger partial charge in [0, 0.05) is 11.6 Å². The Morgan fingerprint density at radius 1 is 1.26 bits per heavy atom. The lowest BCUT2D eigenvalue weighted by atomic mass is 9.91. The Hall–Kier alpha value is -2.70. The first-order chi connectivity index (χ1) is 11.3. The Balaban J connectivity index is 1.37. The number of rotatable bonds is 3. The summed E-state index contributed by atoms with van der Waals surface area (Å²) in [4.78, 5) is 23.6. The molecule has 0 spiro atoms. The summed E-state index contributed by atoms with van der Waals surface area (Å²) in [5, 5.41) is 7.35. The topological polar surface area (TPSA) is 88.5 Å². The molecule has 2 heterocycles. The fourth-order valence-electron chi connectivity index (χ4n) is 3.24. The van der Waals surface area contributed by atoms with Crippen LogP contribution in [0.15, 0.2) is 37.2 Å². The molecule has 1 aliphatic carbocycles. The van der Waals surface area contributed by atoms with Crippen LogP contribution < -0.4 is 5.32 Å². The van der Waals surface area contributed by atoms with Crippen LogP contribution >= 0.6 is 0 Å². The number of amides is 1. The van der Waals surface area contributed by atoms with E-state index in [1.165, 1.54) is 0 Å². The Morgan fingerprint density at radius 2 is 2.13 bits per heavy atom. The maximum absolute atomic E-state index is 12.4. The van der Waals surface area contributed by atoms with Gasteiger partial charge in [-0.2, -0.15) is 5.10 Å². The lowest BCUT2D eigenvalue weighted by molar-refractivity contribution is 0.0922. The van der Waals surface area contributed by atoms with Crippen molar-refractivity contribution in [2.45, 2.75) is 37.8 Å². The molecule has 1 fully saturated rings. The second kappa shape index (κ2) is 5.83. The van der Waals surface area contributed by atoms with Gasteiger partial charge in [-0.25, -0.2) is 14.6 Å². The second-order valence-electron chi connectivity index (χ2n) is 5.99. The number of H-pyrrole nitrogens is 1. The lowest BCUT2D eigenvalue weighted by Gasteiger charge is -2.29. The van der Waals surface area contributed by atoms with E-state index in [2.05, 4.69) is 25.4 Å². The number of aromatic nitrogens is 5. The van der Waals surface area contributed by atoms with Crippen molar-refractivity contribution >= 4 is 16.9 Å². The van der Waals surface area contributed by atoms with Gasteiger partial charge in [-0.15, -0.1) is 0 Å². The maximum Gasteiger partial charge on any atom is 0.251 e. The monoisotopic (exact) mass is 310 g/mol. The molecule has 2 aromatic heterocycles. The smallest absolute Gasteiger partial charge is 0.251 e. The molecule has 2 N–H and O–H groups in total. The van der Waals surface area contributed by atoms with Crippen LogP contribution in [0.1, 0.15) is 42.1 Å². The van der Waals surface area contributed by atoms with Crippen LogP contribution in [-0.2, 0) is 0 Å². The first kappa shape index (κ1) is 13.9. The molecule has 118 valence electrons. The normalized spacial score (nSPS) is 21.4. The van der Waals surface area contributed by atoms with E-state index < -0.39 is 0 Å². The SMILES string of the molecule is O=C(NC1CCC(n2cncn2)CC1)c1ccc2nc[nH]c2c1. The van der Waals surface area contributed by atoms with Gasteiger partial charge in [0.25, 0.3) is 5.91 Å². The maximum atomic E-state index is 12.4. The molecular weight excluding hydrogens is 292 g/mol. The van der Waals surface area contributed by atoms with Crippen LogP contribution in [0, 0.1) is 0 Å². The van der Waals surface area contributed by atoms with Crippen LogP contribution in [0.25, 0.3) is 11.0 Å². The largest absolute Gasteiger partial charge is 0.349 e. The third kappa shape index (κ3) is 2.81. The van der Waals surface area contributed by atoms with E-state index in [0.717, 1.165) is 36.7 Å². The quantitative estimate of drug-likeness (QED) is 0.775. The molecule has 0 unspecified atom stereocenters. The highest BCUT2D eigenvalue weighted by Gasteiger charge is 2.24. The van der Waals surface area contributed by atoms with E-state index in [-0.39, 0.29) is 11.9 Å². The van der Waals surface area contributed by atoms with Crippen molar-refractivity contribution in [1.29, 1.82) is 0 Å². The van der Waals surface area contributed by atoms with Crippen molar-refractivity contribution in [2.75, 3.05) is 0 Å². The fraction of sp³-hybridized carbons (Fsp3) is 0.375. The molecule has 1 saturated carbocycles. The van der Waals surface area contributed by atoms with Gasteiger partial charge >= 0.3 is 0 Å². The first-order valence-corrected chi connectivity index (χ1v) is 7.88. The van der Waals surface area contributed by atoms with Gasteiger partial charge in [0.2, 0.25) is 0 Å². The van der Waals surface area contributed by atoms with Crippen molar-refractivity contribution in [1.82, 2.24) is 30.0 Å². The van der Waals surface area contributed by atoms with E-state index >= 15 is 0 Å². The number of hydrogen-bond acceptors (Lipinski definition) is 4. The van der Waals surface area contributed by atoms with E-state index in [0.29, 0.717) is 11.6 Å². The molecule has 7 nitrogen and oxygen atoms in total. The van der Waals surface area contributed by atoms with Gasteiger partial charge in [-0.05, 0) is 43.9 Å². The van der Waals surface area contributed by atoms with Gasteiger partial charge < -0.3 is 10.3 Å². The van der Waals surface area contributed by atoms with E-state index in [4.69, 9.17) is 0 Å². The Morgan fingerprint density at radius 3 is 2.91 bits per heavy atom. The molecule has 1 amide bonds. The van der Waals surface area contributed by atoms with Crippen LogP contribution in [0.3, 0.4) is 0 Å². The molecule has 4 rings (SSSR count). The summed E-state index contributed by atoms with van der Waals surface area (Å²) in [6, 6.07) is 6.15. The number of carbonyl (C=O) groups is 1. The molecule has 3 aromatic rings. The number of aromatic amines is 1. The first-order valence-electron chi connectivity index (χ1n) is 7.88. The predicted octanol–water partition coefficient (Wildman–Crippen LogP) is 2.07. The second-order valence-corrected chi connectivity index (χ2v) is 5.99. The van der Waals surface area contributed by atoms with Crippen LogP contribution in [0.5, 0.6) is 0 Å². The number of nitrogens with zero attached hydrogens (tertiary/aromatic N) is 4. The third-order valence-electron chi connectivity index (χ3n) is 4.53. The number of hydrogen-bond donors (Lipinski definition) is 2. The highest BCUT2D eigenvalue weighted by Crippen LogP contribution is 2.27. The molecule has 1 aliphatic rings. The minimum atomic E-state index is -0.0225. The van der Waals surface area contributed by atoms with Crippen molar-refractivity contribution in [2.24, 2.45) is 0 Å². The zero-order valence-corrected chi connectivity index (χ0v) is 12.6. The van der Waals surface area contributed by atoms with Crippen LogP contribution in [0.4, 0.5) is 0 Å². The van der Waals surface area contributed by atoms with Gasteiger partial charge in [-0.3, -0.25) is 4.79 Å². The molecule has 1 aromatic carbocycles. The average molecular weight is 310 g/mol. The zero-order valence-electron chi connectivity index (χ0n) is 12.6. The molecule has 0 aliphatic heterocycles. The van der Waals surface area contributed by atoms with Crippen molar-refractivity contribution < 1.29 is 4.79 Å². The van der Waals surface area contributed by atoms with Crippen molar-refractivity contribution in [3.05, 3.63) is 42.7 Å². The molecule has 0 radical (unpaired) electrons. The summed E-state index contributed by atoms with van der Waals surface area (Å²) in [7, 11) is 0. The summed E-state index contributed by atoms with van der Waals surface area (Å²) >= 11 is 0. The number of carbonyl (C=O) groups excluding carboxylic acids is 1. The lowest BCUT2D eigenvalue weighted by Crippen LogP contribution is -2.38. The van der Waals surface area contributed by atoms with Gasteiger partial charge in [0.1, 0.15) is 12.7 Å². The van der Waals surface area contributed by atoms with E-state index in [9.17, 15) is 4.79 Å². The summed E-state index contributed by atoms with van der Waals surface area (Å²) in [6.07, 6.45) is 8.91. The summed E-state index contributed by atoms with van der Waals surface area (Å²) < 4.78 is 1.92. The molecular formula is C16H18N6O. The van der Waals surface area contributed by atoms with E-state index in [1.807, 2.05) is 22.9 Å². The van der Waals surface area contributed by atoms with Crippen molar-refractivity contribution in [3.63, 3.8) is 0 Å². The Kier molecular flexibility index (Phi) is 3.53. The number of imidazole rings is 1. The van der Waals surface area contributed by atoms with Gasteiger partial charge in [-0.1, -0.05) is 0 Å². The molecule has 7 heteroatoms. The summed E-state index contributed by atoms with van der Waals surface area (Å²) in [5.41, 5.74) is 2.42. The Labute approximate surface area is 133 Å². The molecule has 0 bridgehead atoms. The Bertz CT molecular complexity index is 801. The summed E-state index contributed by atoms with van der Waals surface area (Å²) in [5.74, 6) is -0.0225. The number of fused-ring (bicyclic) bond motifs is 1. The third-order valence-corrected chi connectivity index (χ3v) is 4.53. The highest BCUT2D eigenvalue weighted by atomic mass is 16.1. The zero-order chi connectivity index (χ0) is 15.6. The standard InChI is InChI=1S/C16H18N6O/c23-16(11-1-6-14-15(7-11)19-9-18-14)21-12-2-4-13(5-3-12)22-10-17-8-20-22/h1,6-10,12-13H,2-5H2,(H,18,19)(H,21,23). The number of nitrogens with one attached hydrogen (secondary N) is 2. The summed E-state index contributed by atoms with van der Waals surface area (Å²) in [6.45, 7) is 0. The molecule has 23 heavy (non-hydrogen) atoms. The van der Waals surface area contributed by atoms with E-state index in [1.54, 1.807) is 19.0 Å². The minimum Gasteiger partial charge on any atom is -0.349 e. The fourth-order valence-corrected chi connectivity index (χ4v) is 3.24. The highest BCUT2D eigenvalue weighted by molar-refractivity contribution is 5.97. The average Bonchev–Trinajstić information content (AvgIpc) is 3.26. The van der Waals surface area contributed by atoms with Crippen molar-refractivity contribution in [3.8, 4) is 0 Å². The predicted molar refractivity (Wildman–Crippen MR) is 84.9 cm³/mol. The molecule has 0 saturated heterocycles. The van der Waals surface area contributed by atoms with Gasteiger partial charge in [0.05, 0.1) is 23.4 Å². The minimum absolute atomic E-state index is 0.0225. The van der Waals surface area contributed by atoms with Crippen LogP contribution in [-0.4, -0.2) is 36.7 Å².